The fourth-order valence-electron chi connectivity index (χ4n) is 2.31. The molecule has 0 fully saturated rings. The van der Waals surface area contributed by atoms with Crippen molar-refractivity contribution in [3.8, 4) is 0 Å². The molecule has 0 aliphatic carbocycles. The van der Waals surface area contributed by atoms with Crippen LogP contribution < -0.4 is 4.31 Å². The molecule has 0 aliphatic heterocycles. The highest BCUT2D eigenvalue weighted by atomic mass is 35.5. The van der Waals surface area contributed by atoms with Gasteiger partial charge in [-0.1, -0.05) is 11.6 Å². The van der Waals surface area contributed by atoms with E-state index in [1.54, 1.807) is 5.38 Å². The Morgan fingerprint density at radius 2 is 1.85 bits per heavy atom. The molecule has 26 heavy (non-hydrogen) atoms. The number of halogens is 3. The quantitative estimate of drug-likeness (QED) is 0.603. The van der Waals surface area contributed by atoms with Crippen molar-refractivity contribution in [3.05, 3.63) is 75.2 Å². The van der Waals surface area contributed by atoms with E-state index in [1.165, 1.54) is 35.6 Å². The summed E-state index contributed by atoms with van der Waals surface area (Å²) in [6.45, 7) is 1.76. The van der Waals surface area contributed by atoms with Crippen molar-refractivity contribution in [2.75, 3.05) is 4.31 Å². The molecule has 0 saturated heterocycles. The maximum Gasteiger partial charge on any atom is 0.264 e. The number of nitrogens with zero attached hydrogens (tertiary/aromatic N) is 2. The molecule has 0 N–H and O–H groups in total. The normalized spacial score (nSPS) is 11.5. The van der Waals surface area contributed by atoms with Crippen LogP contribution in [0.25, 0.3) is 0 Å². The number of aryl methyl sites for hydroxylation is 1. The summed E-state index contributed by atoms with van der Waals surface area (Å²) in [6.07, 6.45) is 0. The summed E-state index contributed by atoms with van der Waals surface area (Å²) < 4.78 is 54.0. The number of hydrogen-bond acceptors (Lipinski definition) is 4. The van der Waals surface area contributed by atoms with Crippen molar-refractivity contribution in [1.29, 1.82) is 0 Å². The van der Waals surface area contributed by atoms with Gasteiger partial charge in [0.15, 0.2) is 0 Å². The largest absolute Gasteiger partial charge is 0.264 e. The van der Waals surface area contributed by atoms with Crippen molar-refractivity contribution >= 4 is 38.6 Å². The van der Waals surface area contributed by atoms with Gasteiger partial charge in [-0.25, -0.2) is 22.2 Å². The molecular weight excluding hydrogens is 402 g/mol. The second-order valence-electron chi connectivity index (χ2n) is 5.42. The molecule has 0 unspecified atom stereocenters. The van der Waals surface area contributed by atoms with Crippen LogP contribution in [-0.4, -0.2) is 13.4 Å². The molecule has 0 amide bonds. The lowest BCUT2D eigenvalue weighted by Crippen LogP contribution is -2.30. The molecule has 0 spiro atoms. The third-order valence-electron chi connectivity index (χ3n) is 3.57. The smallest absolute Gasteiger partial charge is 0.260 e. The molecule has 3 aromatic rings. The molecule has 0 radical (unpaired) electrons. The van der Waals surface area contributed by atoms with Gasteiger partial charge >= 0.3 is 0 Å². The Labute approximate surface area is 158 Å². The SMILES string of the molecule is Cc1nc(CN(c2ccc(F)cc2)S(=O)(=O)c2ccc(F)c(Cl)c2)cs1. The fraction of sp³-hybridized carbons (Fsp3) is 0.118. The van der Waals surface area contributed by atoms with Crippen molar-refractivity contribution in [1.82, 2.24) is 4.98 Å². The minimum atomic E-state index is -4.07. The van der Waals surface area contributed by atoms with Crippen LogP contribution in [0, 0.1) is 18.6 Å². The summed E-state index contributed by atoms with van der Waals surface area (Å²) in [5, 5.41) is 2.25. The van der Waals surface area contributed by atoms with Gasteiger partial charge < -0.3 is 0 Å². The predicted molar refractivity (Wildman–Crippen MR) is 98.0 cm³/mol. The lowest BCUT2D eigenvalue weighted by Gasteiger charge is -2.24. The zero-order chi connectivity index (χ0) is 18.9. The van der Waals surface area contributed by atoms with Gasteiger partial charge in [0.25, 0.3) is 10.0 Å². The Balaban J connectivity index is 2.08. The number of sulfonamides is 1. The van der Waals surface area contributed by atoms with Crippen molar-refractivity contribution < 1.29 is 17.2 Å². The van der Waals surface area contributed by atoms with Crippen LogP contribution in [0.1, 0.15) is 10.7 Å². The summed E-state index contributed by atoms with van der Waals surface area (Å²) in [4.78, 5) is 4.12. The summed E-state index contributed by atoms with van der Waals surface area (Å²) >= 11 is 7.13. The molecule has 0 aliphatic rings. The first-order chi connectivity index (χ1) is 12.3. The van der Waals surface area contributed by atoms with Crippen LogP contribution in [0.3, 0.4) is 0 Å². The summed E-state index contributed by atoms with van der Waals surface area (Å²) in [5.74, 6) is -1.20. The Kier molecular flexibility index (Phi) is 5.27. The third kappa shape index (κ3) is 3.87. The highest BCUT2D eigenvalue weighted by Crippen LogP contribution is 2.28. The number of anilines is 1. The van der Waals surface area contributed by atoms with E-state index in [2.05, 4.69) is 4.98 Å². The minimum absolute atomic E-state index is 0.0483. The molecule has 0 bridgehead atoms. The van der Waals surface area contributed by atoms with Gasteiger partial charge in [-0.05, 0) is 49.4 Å². The molecule has 0 atom stereocenters. The molecule has 136 valence electrons. The van der Waals surface area contributed by atoms with Crippen molar-refractivity contribution in [2.24, 2.45) is 0 Å². The van der Waals surface area contributed by atoms with Gasteiger partial charge in [-0.2, -0.15) is 0 Å². The number of aromatic nitrogens is 1. The highest BCUT2D eigenvalue weighted by molar-refractivity contribution is 7.92. The van der Waals surface area contributed by atoms with Crippen LogP contribution in [0.15, 0.2) is 52.7 Å². The first-order valence-electron chi connectivity index (χ1n) is 7.42. The maximum absolute atomic E-state index is 13.4. The molecular formula is C17H13ClF2N2O2S2. The fourth-order valence-corrected chi connectivity index (χ4v) is 4.63. The molecule has 9 heteroatoms. The van der Waals surface area contributed by atoms with E-state index < -0.39 is 21.7 Å². The van der Waals surface area contributed by atoms with Crippen LogP contribution in [0.5, 0.6) is 0 Å². The van der Waals surface area contributed by atoms with Gasteiger partial charge in [-0.3, -0.25) is 4.31 Å². The van der Waals surface area contributed by atoms with Gasteiger partial charge in [0, 0.05) is 5.38 Å². The number of thiazole rings is 1. The van der Waals surface area contributed by atoms with Crippen LogP contribution in [-0.2, 0) is 16.6 Å². The number of hydrogen-bond donors (Lipinski definition) is 0. The monoisotopic (exact) mass is 414 g/mol. The molecule has 4 nitrogen and oxygen atoms in total. The van der Waals surface area contributed by atoms with E-state index in [0.717, 1.165) is 27.5 Å². The van der Waals surface area contributed by atoms with Gasteiger partial charge in [-0.15, -0.1) is 11.3 Å². The van der Waals surface area contributed by atoms with E-state index in [4.69, 9.17) is 11.6 Å². The van der Waals surface area contributed by atoms with Gasteiger partial charge in [0.1, 0.15) is 11.6 Å². The van der Waals surface area contributed by atoms with Crippen molar-refractivity contribution in [3.63, 3.8) is 0 Å². The molecule has 1 aromatic heterocycles. The standard InChI is InChI=1S/C17H13ClF2N2O2S2/c1-11-21-13(10-25-11)9-22(14-4-2-12(19)3-5-14)26(23,24)15-6-7-17(20)16(18)8-15/h2-8,10H,9H2,1H3. The number of rotatable bonds is 5. The maximum atomic E-state index is 13.4. The molecule has 0 saturated carbocycles. The molecule has 3 rings (SSSR count). The molecule has 1 heterocycles. The number of benzene rings is 2. The zero-order valence-electron chi connectivity index (χ0n) is 13.5. The van der Waals surface area contributed by atoms with Crippen LogP contribution in [0.4, 0.5) is 14.5 Å². The third-order valence-corrected chi connectivity index (χ3v) is 6.45. The second kappa shape index (κ2) is 7.30. The lowest BCUT2D eigenvalue weighted by atomic mass is 10.3. The van der Waals surface area contributed by atoms with Crippen molar-refractivity contribution in [2.45, 2.75) is 18.4 Å². The topological polar surface area (TPSA) is 50.3 Å². The predicted octanol–water partition coefficient (Wildman–Crippen LogP) is 4.78. The zero-order valence-corrected chi connectivity index (χ0v) is 15.9. The summed E-state index contributed by atoms with van der Waals surface area (Å²) in [7, 11) is -4.07. The highest BCUT2D eigenvalue weighted by Gasteiger charge is 2.27. The Hall–Kier alpha value is -2.03. The van der Waals surface area contributed by atoms with Gasteiger partial charge in [0.05, 0.1) is 32.9 Å². The first kappa shape index (κ1) is 18.8. The average molecular weight is 415 g/mol. The summed E-state index contributed by atoms with van der Waals surface area (Å²) in [6, 6.07) is 8.23. The average Bonchev–Trinajstić information content (AvgIpc) is 3.01. The van der Waals surface area contributed by atoms with E-state index in [9.17, 15) is 17.2 Å². The second-order valence-corrected chi connectivity index (χ2v) is 8.75. The van der Waals surface area contributed by atoms with Crippen LogP contribution in [0.2, 0.25) is 5.02 Å². The lowest BCUT2D eigenvalue weighted by molar-refractivity contribution is 0.588. The Morgan fingerprint density at radius 3 is 2.42 bits per heavy atom. The van der Waals surface area contributed by atoms with E-state index in [1.807, 2.05) is 6.92 Å². The van der Waals surface area contributed by atoms with E-state index in [-0.39, 0.29) is 22.2 Å². The van der Waals surface area contributed by atoms with E-state index >= 15 is 0 Å². The summed E-state index contributed by atoms with van der Waals surface area (Å²) in [5.41, 5.74) is 0.811. The molecule has 2 aromatic carbocycles. The first-order valence-corrected chi connectivity index (χ1v) is 10.1. The van der Waals surface area contributed by atoms with Crippen LogP contribution >= 0.6 is 22.9 Å². The Bertz CT molecular complexity index is 1040. The minimum Gasteiger partial charge on any atom is -0.260 e. The van der Waals surface area contributed by atoms with E-state index in [0.29, 0.717) is 5.69 Å². The Morgan fingerprint density at radius 1 is 1.15 bits per heavy atom. The van der Waals surface area contributed by atoms with Gasteiger partial charge in [0.2, 0.25) is 0 Å².